The highest BCUT2D eigenvalue weighted by molar-refractivity contribution is 5.25. The molecule has 0 amide bonds. The zero-order chi connectivity index (χ0) is 13.1. The van der Waals surface area contributed by atoms with E-state index in [1.54, 1.807) is 0 Å². The van der Waals surface area contributed by atoms with Gasteiger partial charge >= 0.3 is 0 Å². The van der Waals surface area contributed by atoms with Gasteiger partial charge in [0.25, 0.3) is 0 Å². The van der Waals surface area contributed by atoms with Gasteiger partial charge in [-0.1, -0.05) is 0 Å². The molecule has 3 nitrogen and oxygen atoms in total. The molecule has 1 aromatic rings. The Hall–Kier alpha value is -0.830. The number of nitrogens with two attached hydrogens (primary N) is 1. The fourth-order valence-electron chi connectivity index (χ4n) is 5.58. The highest BCUT2D eigenvalue weighted by Gasteiger charge is 2.49. The molecule has 1 heterocycles. The Kier molecular flexibility index (Phi) is 2.57. The monoisotopic (exact) mass is 259 g/mol. The minimum Gasteiger partial charge on any atom is -0.326 e. The van der Waals surface area contributed by atoms with Gasteiger partial charge in [-0.25, -0.2) is 0 Å². The Bertz CT molecular complexity index is 474. The number of hydrogen-bond donors (Lipinski definition) is 1. The summed E-state index contributed by atoms with van der Waals surface area (Å²) < 4.78 is 2.37. The molecule has 0 unspecified atom stereocenters. The van der Waals surface area contributed by atoms with Crippen LogP contribution in [0.5, 0.6) is 0 Å². The van der Waals surface area contributed by atoms with Gasteiger partial charge in [-0.15, -0.1) is 0 Å². The van der Waals surface area contributed by atoms with Crippen molar-refractivity contribution >= 4 is 0 Å². The van der Waals surface area contributed by atoms with Crippen molar-refractivity contribution < 1.29 is 0 Å². The van der Waals surface area contributed by atoms with E-state index in [1.807, 2.05) is 0 Å². The molecule has 1 aromatic heterocycles. The largest absolute Gasteiger partial charge is 0.326 e. The van der Waals surface area contributed by atoms with E-state index < -0.39 is 0 Å². The molecule has 4 fully saturated rings. The topological polar surface area (TPSA) is 43.8 Å². The third kappa shape index (κ3) is 1.63. The average Bonchev–Trinajstić information content (AvgIpc) is 2.63. The Morgan fingerprint density at radius 1 is 1.05 bits per heavy atom. The lowest BCUT2D eigenvalue weighted by Gasteiger charge is -2.54. The quantitative estimate of drug-likeness (QED) is 0.887. The molecule has 3 heteroatoms. The highest BCUT2D eigenvalue weighted by Crippen LogP contribution is 2.58. The van der Waals surface area contributed by atoms with Crippen molar-refractivity contribution in [1.82, 2.24) is 9.78 Å². The number of aromatic nitrogens is 2. The summed E-state index contributed by atoms with van der Waals surface area (Å²) in [4.78, 5) is 0. The van der Waals surface area contributed by atoms with Crippen molar-refractivity contribution in [3.63, 3.8) is 0 Å². The van der Waals surface area contributed by atoms with Crippen molar-refractivity contribution in [2.75, 3.05) is 0 Å². The molecule has 104 valence electrons. The van der Waals surface area contributed by atoms with E-state index in [4.69, 9.17) is 10.8 Å². The molecular formula is C16H25N3. The first-order valence-electron chi connectivity index (χ1n) is 7.92. The van der Waals surface area contributed by atoms with Crippen LogP contribution in [0.3, 0.4) is 0 Å². The normalized spacial score (nSPS) is 40.1. The zero-order valence-electron chi connectivity index (χ0n) is 12.1. The van der Waals surface area contributed by atoms with Crippen LogP contribution in [-0.4, -0.2) is 9.78 Å². The van der Waals surface area contributed by atoms with Crippen LogP contribution in [0.2, 0.25) is 0 Å². The Labute approximate surface area is 115 Å². The predicted molar refractivity (Wildman–Crippen MR) is 75.7 cm³/mol. The summed E-state index contributed by atoms with van der Waals surface area (Å²) in [5.41, 5.74) is 9.64. The number of aryl methyl sites for hydroxylation is 1. The van der Waals surface area contributed by atoms with Crippen molar-refractivity contribution in [2.45, 2.75) is 58.5 Å². The molecule has 0 radical (unpaired) electrons. The van der Waals surface area contributed by atoms with Crippen molar-refractivity contribution in [3.8, 4) is 0 Å². The van der Waals surface area contributed by atoms with Crippen LogP contribution in [0.15, 0.2) is 0 Å². The van der Waals surface area contributed by atoms with Crippen LogP contribution in [0, 0.1) is 37.5 Å². The smallest absolute Gasteiger partial charge is 0.0641 e. The second kappa shape index (κ2) is 4.08. The van der Waals surface area contributed by atoms with Crippen LogP contribution in [0.1, 0.15) is 55.1 Å². The summed E-state index contributed by atoms with van der Waals surface area (Å²) in [5.74, 6) is 3.84. The van der Waals surface area contributed by atoms with Crippen LogP contribution in [-0.2, 0) is 6.54 Å². The summed E-state index contributed by atoms with van der Waals surface area (Å²) >= 11 is 0. The molecule has 19 heavy (non-hydrogen) atoms. The molecular weight excluding hydrogens is 234 g/mol. The Balaban J connectivity index is 1.73. The molecule has 0 atom stereocenters. The van der Waals surface area contributed by atoms with Gasteiger partial charge in [0.15, 0.2) is 0 Å². The molecule has 4 saturated carbocycles. The first-order chi connectivity index (χ1) is 9.17. The van der Waals surface area contributed by atoms with Gasteiger partial charge in [-0.2, -0.15) is 5.10 Å². The minimum atomic E-state index is 0.630. The third-order valence-electron chi connectivity index (χ3n) is 6.14. The van der Waals surface area contributed by atoms with Crippen LogP contribution in [0.4, 0.5) is 0 Å². The van der Waals surface area contributed by atoms with Gasteiger partial charge in [0, 0.05) is 17.8 Å². The second-order valence-corrected chi connectivity index (χ2v) is 7.22. The maximum absolute atomic E-state index is 5.89. The molecule has 0 saturated heterocycles. The lowest BCUT2D eigenvalue weighted by atomic mass is 9.54. The average molecular weight is 259 g/mol. The van der Waals surface area contributed by atoms with Gasteiger partial charge in [-0.3, -0.25) is 4.68 Å². The highest BCUT2D eigenvalue weighted by atomic mass is 15.3. The van der Waals surface area contributed by atoms with Crippen molar-refractivity contribution in [1.29, 1.82) is 0 Å². The fraction of sp³-hybridized carbons (Fsp3) is 0.812. The van der Waals surface area contributed by atoms with E-state index in [0.717, 1.165) is 29.4 Å². The van der Waals surface area contributed by atoms with E-state index in [9.17, 15) is 0 Å². The third-order valence-corrected chi connectivity index (χ3v) is 6.14. The molecule has 4 bridgehead atoms. The van der Waals surface area contributed by atoms with E-state index in [0.29, 0.717) is 12.6 Å². The van der Waals surface area contributed by atoms with Crippen LogP contribution in [0.25, 0.3) is 0 Å². The Morgan fingerprint density at radius 2 is 1.63 bits per heavy atom. The van der Waals surface area contributed by atoms with E-state index in [2.05, 4.69) is 18.5 Å². The van der Waals surface area contributed by atoms with Gasteiger partial charge in [0.1, 0.15) is 0 Å². The van der Waals surface area contributed by atoms with Gasteiger partial charge in [0.2, 0.25) is 0 Å². The first-order valence-corrected chi connectivity index (χ1v) is 7.92. The maximum Gasteiger partial charge on any atom is 0.0641 e. The predicted octanol–water partition coefficient (Wildman–Crippen LogP) is 2.96. The van der Waals surface area contributed by atoms with Crippen molar-refractivity contribution in [2.24, 2.45) is 29.4 Å². The number of rotatable bonds is 2. The molecule has 0 spiro atoms. The summed E-state index contributed by atoms with van der Waals surface area (Å²) in [6.07, 6.45) is 7.33. The van der Waals surface area contributed by atoms with Crippen LogP contribution < -0.4 is 5.73 Å². The molecule has 0 aromatic carbocycles. The summed E-state index contributed by atoms with van der Waals surface area (Å²) in [6.45, 7) is 4.96. The van der Waals surface area contributed by atoms with E-state index in [-0.39, 0.29) is 0 Å². The summed E-state index contributed by atoms with van der Waals surface area (Å²) in [6, 6.07) is 0.673. The molecule has 4 aliphatic rings. The minimum absolute atomic E-state index is 0.630. The Morgan fingerprint density at radius 3 is 2.11 bits per heavy atom. The standard InChI is InChI=1S/C16H25N3/c1-9-15(8-17)10(2)19(18-9)16-13-4-11-3-12(6-13)7-14(16)5-11/h11-14,16H,3-8,17H2,1-2H3. The molecule has 4 aliphatic carbocycles. The fourth-order valence-corrected chi connectivity index (χ4v) is 5.58. The van der Waals surface area contributed by atoms with Gasteiger partial charge in [0.05, 0.1) is 11.7 Å². The van der Waals surface area contributed by atoms with Crippen LogP contribution >= 0.6 is 0 Å². The van der Waals surface area contributed by atoms with Crippen molar-refractivity contribution in [3.05, 3.63) is 17.0 Å². The lowest BCUT2D eigenvalue weighted by molar-refractivity contribution is -0.0344. The number of nitrogens with zero attached hydrogens (tertiary/aromatic N) is 2. The van der Waals surface area contributed by atoms with E-state index in [1.165, 1.54) is 43.4 Å². The van der Waals surface area contributed by atoms with E-state index >= 15 is 0 Å². The molecule has 2 N–H and O–H groups in total. The van der Waals surface area contributed by atoms with Gasteiger partial charge in [-0.05, 0) is 69.6 Å². The molecule has 0 aliphatic heterocycles. The second-order valence-electron chi connectivity index (χ2n) is 7.22. The SMILES string of the molecule is Cc1nn(C2C3CC4CC(C3)CC2C4)c(C)c1CN. The number of hydrogen-bond acceptors (Lipinski definition) is 2. The molecule has 5 rings (SSSR count). The summed E-state index contributed by atoms with van der Waals surface area (Å²) in [7, 11) is 0. The summed E-state index contributed by atoms with van der Waals surface area (Å²) in [5, 5.41) is 4.86. The lowest BCUT2D eigenvalue weighted by Crippen LogP contribution is -2.46. The van der Waals surface area contributed by atoms with Gasteiger partial charge < -0.3 is 5.73 Å². The maximum atomic E-state index is 5.89. The zero-order valence-corrected chi connectivity index (χ0v) is 12.1. The first kappa shape index (κ1) is 12.0.